The number of hydrogen-bond acceptors (Lipinski definition) is 5. The second kappa shape index (κ2) is 13.0. The first kappa shape index (κ1) is 25.5. The number of guanidine groups is 1. The maximum absolute atomic E-state index is 12.2. The average molecular weight is 544 g/mol. The molecule has 2 atom stereocenters. The second-order valence-corrected chi connectivity index (χ2v) is 8.00. The number of ether oxygens (including phenoxy) is 2. The average Bonchev–Trinajstić information content (AvgIpc) is 3.25. The molecule has 2 aliphatic rings. The van der Waals surface area contributed by atoms with Crippen molar-refractivity contribution in [3.8, 4) is 5.75 Å². The first-order chi connectivity index (χ1) is 14.7. The maximum Gasteiger partial charge on any atom is 0.310 e. The Bertz CT molecular complexity index is 731. The molecule has 0 saturated carbocycles. The fraction of sp³-hybridized carbons (Fsp3) is 0.652. The third-order valence-corrected chi connectivity index (χ3v) is 5.89. The van der Waals surface area contributed by atoms with Crippen LogP contribution >= 0.6 is 24.0 Å². The van der Waals surface area contributed by atoms with Gasteiger partial charge in [0, 0.05) is 39.3 Å². The minimum Gasteiger partial charge on any atom is -0.495 e. The summed E-state index contributed by atoms with van der Waals surface area (Å²) in [5.74, 6) is 2.21. The van der Waals surface area contributed by atoms with Crippen LogP contribution in [0.4, 0.5) is 5.69 Å². The highest BCUT2D eigenvalue weighted by Crippen LogP contribution is 2.32. The van der Waals surface area contributed by atoms with Gasteiger partial charge in [0.2, 0.25) is 0 Å². The van der Waals surface area contributed by atoms with Crippen LogP contribution in [-0.4, -0.2) is 69.8 Å². The first-order valence-electron chi connectivity index (χ1n) is 11.2. The zero-order valence-electron chi connectivity index (χ0n) is 19.0. The van der Waals surface area contributed by atoms with Crippen LogP contribution in [0.3, 0.4) is 0 Å². The molecule has 0 spiro atoms. The van der Waals surface area contributed by atoms with E-state index in [2.05, 4.69) is 34.2 Å². The first-order valence-corrected chi connectivity index (χ1v) is 11.2. The number of methoxy groups -OCH3 is 1. The Morgan fingerprint density at radius 3 is 2.74 bits per heavy atom. The second-order valence-electron chi connectivity index (χ2n) is 8.00. The van der Waals surface area contributed by atoms with Gasteiger partial charge < -0.3 is 24.6 Å². The third-order valence-electron chi connectivity index (χ3n) is 5.89. The van der Waals surface area contributed by atoms with E-state index in [0.29, 0.717) is 19.1 Å². The number of piperidine rings is 1. The molecular formula is C23H37IN4O3. The molecule has 1 N–H and O–H groups in total. The lowest BCUT2D eigenvalue weighted by Crippen LogP contribution is -2.48. The number of nitrogens with zero attached hydrogens (tertiary/aromatic N) is 3. The Hall–Kier alpha value is -1.71. The highest BCUT2D eigenvalue weighted by Gasteiger charge is 2.29. The van der Waals surface area contributed by atoms with Crippen molar-refractivity contribution in [3.05, 3.63) is 24.3 Å². The monoisotopic (exact) mass is 544 g/mol. The van der Waals surface area contributed by atoms with Gasteiger partial charge in [-0.15, -0.1) is 24.0 Å². The summed E-state index contributed by atoms with van der Waals surface area (Å²) in [6, 6.07) is 8.20. The fourth-order valence-electron chi connectivity index (χ4n) is 4.35. The SMILES string of the molecule is CCNC(=NCC1CCN(c2ccccc2OC)C1)N1CCCC(C(=O)OCC)C1.I. The van der Waals surface area contributed by atoms with Crippen LogP contribution in [0.2, 0.25) is 0 Å². The van der Waals surface area contributed by atoms with Crippen molar-refractivity contribution < 1.29 is 14.3 Å². The van der Waals surface area contributed by atoms with Crippen molar-refractivity contribution in [1.82, 2.24) is 10.2 Å². The third kappa shape index (κ3) is 6.89. The molecule has 1 aromatic rings. The Labute approximate surface area is 203 Å². The Morgan fingerprint density at radius 1 is 1.19 bits per heavy atom. The largest absolute Gasteiger partial charge is 0.495 e. The van der Waals surface area contributed by atoms with Crippen molar-refractivity contribution >= 4 is 41.6 Å². The van der Waals surface area contributed by atoms with Crippen molar-refractivity contribution in [2.75, 3.05) is 57.9 Å². The number of anilines is 1. The molecule has 0 aromatic heterocycles. The number of likely N-dealkylation sites (tertiary alicyclic amines) is 1. The number of halogens is 1. The number of benzene rings is 1. The fourth-order valence-corrected chi connectivity index (χ4v) is 4.35. The standard InChI is InChI=1S/C23H36N4O3.HI/c1-4-24-23(27-13-8-9-19(17-27)22(28)30-5-2)25-15-18-12-14-26(16-18)20-10-6-7-11-21(20)29-3;/h6-7,10-11,18-19H,4-5,8-9,12-17H2,1-3H3,(H,24,25);1H. The van der Waals surface area contributed by atoms with E-state index in [1.807, 2.05) is 19.1 Å². The summed E-state index contributed by atoms with van der Waals surface area (Å²) < 4.78 is 10.8. The summed E-state index contributed by atoms with van der Waals surface area (Å²) in [6.07, 6.45) is 3.00. The summed E-state index contributed by atoms with van der Waals surface area (Å²) >= 11 is 0. The molecule has 0 radical (unpaired) electrons. The van der Waals surface area contributed by atoms with Gasteiger partial charge in [0.05, 0.1) is 25.3 Å². The number of hydrogen-bond donors (Lipinski definition) is 1. The predicted octanol–water partition coefficient (Wildman–Crippen LogP) is 3.38. The van der Waals surface area contributed by atoms with E-state index in [1.165, 1.54) is 0 Å². The molecule has 8 heteroatoms. The Morgan fingerprint density at radius 2 is 2.00 bits per heavy atom. The molecule has 0 bridgehead atoms. The summed E-state index contributed by atoms with van der Waals surface area (Å²) in [4.78, 5) is 21.8. The number of para-hydroxylation sites is 2. The normalized spacial score (nSPS) is 21.5. The van der Waals surface area contributed by atoms with Gasteiger partial charge in [0.15, 0.2) is 5.96 Å². The van der Waals surface area contributed by atoms with E-state index in [1.54, 1.807) is 7.11 Å². The van der Waals surface area contributed by atoms with Crippen LogP contribution in [0.5, 0.6) is 5.75 Å². The number of rotatable bonds is 7. The van der Waals surface area contributed by atoms with Gasteiger partial charge in [-0.05, 0) is 51.2 Å². The number of esters is 1. The Balaban J connectivity index is 0.00000341. The van der Waals surface area contributed by atoms with Gasteiger partial charge in [0.1, 0.15) is 5.75 Å². The number of carbonyl (C=O) groups excluding carboxylic acids is 1. The summed E-state index contributed by atoms with van der Waals surface area (Å²) in [7, 11) is 1.72. The molecule has 31 heavy (non-hydrogen) atoms. The summed E-state index contributed by atoms with van der Waals surface area (Å²) in [6.45, 7) is 9.60. The molecule has 2 heterocycles. The highest BCUT2D eigenvalue weighted by atomic mass is 127. The zero-order valence-corrected chi connectivity index (χ0v) is 21.3. The number of nitrogens with one attached hydrogen (secondary N) is 1. The van der Waals surface area contributed by atoms with Crippen molar-refractivity contribution in [2.24, 2.45) is 16.8 Å². The van der Waals surface area contributed by atoms with Crippen LogP contribution in [0.1, 0.15) is 33.1 Å². The minimum absolute atomic E-state index is 0. The van der Waals surface area contributed by atoms with Crippen LogP contribution in [0.15, 0.2) is 29.3 Å². The summed E-state index contributed by atoms with van der Waals surface area (Å²) in [5, 5.41) is 3.42. The van der Waals surface area contributed by atoms with E-state index in [9.17, 15) is 4.79 Å². The molecule has 2 aliphatic heterocycles. The van der Waals surface area contributed by atoms with E-state index in [-0.39, 0.29) is 35.9 Å². The predicted molar refractivity (Wildman–Crippen MR) is 136 cm³/mol. The lowest BCUT2D eigenvalue weighted by molar-refractivity contribution is -0.149. The van der Waals surface area contributed by atoms with Crippen molar-refractivity contribution in [1.29, 1.82) is 0 Å². The van der Waals surface area contributed by atoms with E-state index in [0.717, 1.165) is 69.4 Å². The number of aliphatic imine (C=N–C) groups is 1. The maximum atomic E-state index is 12.2. The van der Waals surface area contributed by atoms with E-state index in [4.69, 9.17) is 14.5 Å². The highest BCUT2D eigenvalue weighted by molar-refractivity contribution is 14.0. The van der Waals surface area contributed by atoms with Gasteiger partial charge in [-0.2, -0.15) is 0 Å². The molecule has 0 aliphatic carbocycles. The molecule has 2 fully saturated rings. The van der Waals surface area contributed by atoms with E-state index >= 15 is 0 Å². The molecule has 2 unspecified atom stereocenters. The van der Waals surface area contributed by atoms with Gasteiger partial charge in [-0.3, -0.25) is 9.79 Å². The topological polar surface area (TPSA) is 66.4 Å². The lowest BCUT2D eigenvalue weighted by atomic mass is 9.98. The van der Waals surface area contributed by atoms with Gasteiger partial charge >= 0.3 is 5.97 Å². The smallest absolute Gasteiger partial charge is 0.310 e. The Kier molecular flexibility index (Phi) is 10.7. The van der Waals surface area contributed by atoms with Crippen molar-refractivity contribution in [2.45, 2.75) is 33.1 Å². The van der Waals surface area contributed by atoms with Gasteiger partial charge in [-0.1, -0.05) is 12.1 Å². The van der Waals surface area contributed by atoms with E-state index < -0.39 is 0 Å². The van der Waals surface area contributed by atoms with Gasteiger partial charge in [-0.25, -0.2) is 0 Å². The molecule has 7 nitrogen and oxygen atoms in total. The molecule has 174 valence electrons. The zero-order chi connectivity index (χ0) is 21.3. The quantitative estimate of drug-likeness (QED) is 0.246. The summed E-state index contributed by atoms with van der Waals surface area (Å²) in [5.41, 5.74) is 1.16. The molecule has 2 saturated heterocycles. The molecular weight excluding hydrogens is 507 g/mol. The molecule has 3 rings (SSSR count). The van der Waals surface area contributed by atoms with Crippen LogP contribution in [0, 0.1) is 11.8 Å². The molecule has 1 aromatic carbocycles. The van der Waals surface area contributed by atoms with Crippen LogP contribution < -0.4 is 15.0 Å². The molecule has 0 amide bonds. The minimum atomic E-state index is -0.0821. The van der Waals surface area contributed by atoms with Crippen LogP contribution in [-0.2, 0) is 9.53 Å². The van der Waals surface area contributed by atoms with Crippen LogP contribution in [0.25, 0.3) is 0 Å². The van der Waals surface area contributed by atoms with Gasteiger partial charge in [0.25, 0.3) is 0 Å². The van der Waals surface area contributed by atoms with Crippen molar-refractivity contribution in [3.63, 3.8) is 0 Å². The number of carbonyl (C=O) groups is 1. The lowest BCUT2D eigenvalue weighted by Gasteiger charge is -2.34.